The van der Waals surface area contributed by atoms with E-state index in [1.165, 1.54) is 26.5 Å². The van der Waals surface area contributed by atoms with Crippen LogP contribution < -0.4 is 10.2 Å². The minimum atomic E-state index is 0.113. The third kappa shape index (κ3) is 6.02. The number of piperazine rings is 1. The summed E-state index contributed by atoms with van der Waals surface area (Å²) in [6.07, 6.45) is 0.959. The van der Waals surface area contributed by atoms with Crippen molar-refractivity contribution in [2.24, 2.45) is 0 Å². The van der Waals surface area contributed by atoms with Crippen LogP contribution in [0.2, 0.25) is 0 Å². The van der Waals surface area contributed by atoms with Gasteiger partial charge in [0.15, 0.2) is 6.54 Å². The van der Waals surface area contributed by atoms with Crippen molar-refractivity contribution in [2.75, 3.05) is 45.0 Å². The molecule has 0 unspecified atom stereocenters. The van der Waals surface area contributed by atoms with E-state index in [1.54, 1.807) is 11.8 Å². The summed E-state index contributed by atoms with van der Waals surface area (Å²) in [5.41, 5.74) is 3.75. The average Bonchev–Trinajstić information content (AvgIpc) is 2.59. The highest BCUT2D eigenvalue weighted by molar-refractivity contribution is 8.00. The molecule has 0 radical (unpaired) electrons. The first-order valence-corrected chi connectivity index (χ1v) is 10.5. The largest absolute Gasteiger partial charge is 0.351 e. The number of nitrogens with one attached hydrogen (secondary N) is 2. The van der Waals surface area contributed by atoms with Gasteiger partial charge in [0.1, 0.15) is 0 Å². The molecule has 1 aliphatic heterocycles. The highest BCUT2D eigenvalue weighted by atomic mass is 32.2. The maximum absolute atomic E-state index is 12.5. The molecule has 1 aliphatic rings. The normalized spacial score (nSPS) is 15.2. The van der Waals surface area contributed by atoms with Crippen LogP contribution in [0.1, 0.15) is 30.0 Å². The Morgan fingerprint density at radius 3 is 2.35 bits per heavy atom. The van der Waals surface area contributed by atoms with Crippen LogP contribution in [0.25, 0.3) is 0 Å². The molecule has 0 aliphatic carbocycles. The summed E-state index contributed by atoms with van der Waals surface area (Å²) in [5.74, 6) is 0.795. The van der Waals surface area contributed by atoms with Crippen LogP contribution in [0.5, 0.6) is 0 Å². The minimum Gasteiger partial charge on any atom is -0.351 e. The van der Waals surface area contributed by atoms with Gasteiger partial charge < -0.3 is 15.1 Å². The van der Waals surface area contributed by atoms with Gasteiger partial charge in [0.05, 0.1) is 31.9 Å². The fraction of sp³-hybridized carbons (Fsp3) is 0.600. The number of benzene rings is 1. The molecular formula is C20H32N3O2S+. The summed E-state index contributed by atoms with van der Waals surface area (Å²) in [6.45, 7) is 12.8. The van der Waals surface area contributed by atoms with Gasteiger partial charge in [-0.05, 0) is 38.3 Å². The Kier molecular flexibility index (Phi) is 7.97. The Hall–Kier alpha value is -1.53. The lowest BCUT2D eigenvalue weighted by atomic mass is 10.1. The van der Waals surface area contributed by atoms with Crippen molar-refractivity contribution in [3.63, 3.8) is 0 Å². The quantitative estimate of drug-likeness (QED) is 0.695. The van der Waals surface area contributed by atoms with E-state index in [-0.39, 0.29) is 11.8 Å². The van der Waals surface area contributed by atoms with Crippen LogP contribution in [0.3, 0.4) is 0 Å². The van der Waals surface area contributed by atoms with Gasteiger partial charge in [-0.25, -0.2) is 0 Å². The van der Waals surface area contributed by atoms with Crippen LogP contribution >= 0.6 is 11.8 Å². The molecule has 1 aromatic carbocycles. The molecule has 6 heteroatoms. The summed E-state index contributed by atoms with van der Waals surface area (Å²) >= 11 is 1.64. The molecule has 2 amide bonds. The summed E-state index contributed by atoms with van der Waals surface area (Å²) in [6, 6.07) is 4.34. The van der Waals surface area contributed by atoms with Crippen molar-refractivity contribution < 1.29 is 14.5 Å². The van der Waals surface area contributed by atoms with Crippen LogP contribution in [0.15, 0.2) is 17.0 Å². The highest BCUT2D eigenvalue weighted by Crippen LogP contribution is 2.27. The first-order valence-electron chi connectivity index (χ1n) is 9.49. The van der Waals surface area contributed by atoms with Crippen LogP contribution in [-0.4, -0.2) is 61.7 Å². The molecule has 5 nitrogen and oxygen atoms in total. The molecule has 1 heterocycles. The minimum absolute atomic E-state index is 0.113. The molecule has 0 saturated carbocycles. The monoisotopic (exact) mass is 378 g/mol. The molecule has 0 bridgehead atoms. The Bertz CT molecular complexity index is 617. The standard InChI is InChI=1S/C20H31N3O2S/c1-5-6-21-18(24)13-22-7-9-23(10-8-22)19(25)14-26-20-16(3)11-15(2)12-17(20)4/h11-12H,5-10,13-14H2,1-4H3,(H,21,24)/p+1. The van der Waals surface area contributed by atoms with Crippen LogP contribution in [0, 0.1) is 20.8 Å². The van der Waals surface area contributed by atoms with Gasteiger partial charge >= 0.3 is 0 Å². The van der Waals surface area contributed by atoms with Gasteiger partial charge in [0.25, 0.3) is 5.91 Å². The predicted molar refractivity (Wildman–Crippen MR) is 107 cm³/mol. The Morgan fingerprint density at radius 1 is 1.15 bits per heavy atom. The van der Waals surface area contributed by atoms with E-state index in [4.69, 9.17) is 0 Å². The molecule has 2 N–H and O–H groups in total. The number of aryl methyl sites for hydroxylation is 3. The lowest BCUT2D eigenvalue weighted by molar-refractivity contribution is -0.896. The zero-order valence-corrected chi connectivity index (χ0v) is 17.3. The van der Waals surface area contributed by atoms with E-state index in [1.807, 2.05) is 4.90 Å². The van der Waals surface area contributed by atoms with Gasteiger partial charge in [0, 0.05) is 11.4 Å². The maximum Gasteiger partial charge on any atom is 0.275 e. The van der Waals surface area contributed by atoms with Crippen molar-refractivity contribution in [3.05, 3.63) is 28.8 Å². The molecule has 2 rings (SSSR count). The molecule has 0 aromatic heterocycles. The number of rotatable bonds is 7. The van der Waals surface area contributed by atoms with Crippen LogP contribution in [-0.2, 0) is 9.59 Å². The molecular weight excluding hydrogens is 346 g/mol. The van der Waals surface area contributed by atoms with E-state index in [9.17, 15) is 9.59 Å². The number of hydrogen-bond donors (Lipinski definition) is 2. The van der Waals surface area contributed by atoms with Crippen molar-refractivity contribution >= 4 is 23.6 Å². The highest BCUT2D eigenvalue weighted by Gasteiger charge is 2.25. The molecule has 0 atom stereocenters. The third-order valence-electron chi connectivity index (χ3n) is 4.75. The maximum atomic E-state index is 12.5. The van der Waals surface area contributed by atoms with Crippen LogP contribution in [0.4, 0.5) is 0 Å². The SMILES string of the molecule is CCCNC(=O)C[NH+]1CCN(C(=O)CSc2c(C)cc(C)cc2C)CC1. The molecule has 26 heavy (non-hydrogen) atoms. The van der Waals surface area contributed by atoms with Gasteiger partial charge in [-0.15, -0.1) is 11.8 Å². The summed E-state index contributed by atoms with van der Waals surface area (Å²) in [5, 5.41) is 2.92. The topological polar surface area (TPSA) is 53.9 Å². The van der Waals surface area contributed by atoms with E-state index >= 15 is 0 Å². The van der Waals surface area contributed by atoms with E-state index < -0.39 is 0 Å². The van der Waals surface area contributed by atoms with Crippen molar-refractivity contribution in [1.29, 1.82) is 0 Å². The second-order valence-electron chi connectivity index (χ2n) is 7.17. The van der Waals surface area contributed by atoms with Gasteiger partial charge in [-0.3, -0.25) is 9.59 Å². The second-order valence-corrected chi connectivity index (χ2v) is 8.16. The average molecular weight is 379 g/mol. The van der Waals surface area contributed by atoms with Gasteiger partial charge in [-0.2, -0.15) is 0 Å². The number of quaternary nitrogens is 1. The summed E-state index contributed by atoms with van der Waals surface area (Å²) < 4.78 is 0. The summed E-state index contributed by atoms with van der Waals surface area (Å²) in [7, 11) is 0. The lowest BCUT2D eigenvalue weighted by Gasteiger charge is -2.32. The zero-order valence-electron chi connectivity index (χ0n) is 16.5. The second kappa shape index (κ2) is 9.97. The molecule has 1 fully saturated rings. The third-order valence-corrected chi connectivity index (χ3v) is 6.07. The number of amides is 2. The molecule has 1 saturated heterocycles. The first-order chi connectivity index (χ1) is 12.4. The molecule has 0 spiro atoms. The molecule has 1 aromatic rings. The van der Waals surface area contributed by atoms with Crippen molar-refractivity contribution in [2.45, 2.75) is 39.0 Å². The fourth-order valence-electron chi connectivity index (χ4n) is 3.42. The van der Waals surface area contributed by atoms with Crippen molar-refractivity contribution in [1.82, 2.24) is 10.2 Å². The van der Waals surface area contributed by atoms with E-state index in [0.717, 1.165) is 39.1 Å². The zero-order chi connectivity index (χ0) is 19.1. The number of hydrogen-bond acceptors (Lipinski definition) is 3. The summed E-state index contributed by atoms with van der Waals surface area (Å²) in [4.78, 5) is 28.8. The Morgan fingerprint density at radius 2 is 1.77 bits per heavy atom. The first kappa shape index (κ1) is 20.8. The number of carbonyl (C=O) groups is 2. The number of nitrogens with zero attached hydrogens (tertiary/aromatic N) is 1. The van der Waals surface area contributed by atoms with Gasteiger partial charge in [0.2, 0.25) is 5.91 Å². The smallest absolute Gasteiger partial charge is 0.275 e. The molecule has 144 valence electrons. The number of carbonyl (C=O) groups excluding carboxylic acids is 2. The van der Waals surface area contributed by atoms with Crippen molar-refractivity contribution in [3.8, 4) is 0 Å². The lowest BCUT2D eigenvalue weighted by Crippen LogP contribution is -3.15. The van der Waals surface area contributed by atoms with E-state index in [0.29, 0.717) is 12.3 Å². The number of thioether (sulfide) groups is 1. The van der Waals surface area contributed by atoms with E-state index in [2.05, 4.69) is 45.1 Å². The fourth-order valence-corrected chi connectivity index (χ4v) is 4.45. The predicted octanol–water partition coefficient (Wildman–Crippen LogP) is 0.957. The Balaban J connectivity index is 1.77. The van der Waals surface area contributed by atoms with Gasteiger partial charge in [-0.1, -0.05) is 24.6 Å². The Labute approximate surface area is 161 Å².